The molecule has 0 nitrogen and oxygen atoms in total. The largest absolute Gasteiger partial charge is 0.206 e. The van der Waals surface area contributed by atoms with Crippen LogP contribution in [0.5, 0.6) is 0 Å². The minimum atomic E-state index is -1.16. The van der Waals surface area contributed by atoms with Crippen LogP contribution in [-0.2, 0) is 0 Å². The molecule has 0 saturated carbocycles. The Kier molecular flexibility index (Phi) is 1.95. The van der Waals surface area contributed by atoms with Crippen LogP contribution in [-0.4, -0.2) is 0 Å². The first-order valence-corrected chi connectivity index (χ1v) is 3.99. The van der Waals surface area contributed by atoms with E-state index in [0.29, 0.717) is 5.39 Å². The lowest BCUT2D eigenvalue weighted by atomic mass is 10.0. The number of hydrogen-bond donors (Lipinski definition) is 0. The van der Waals surface area contributed by atoms with E-state index < -0.39 is 17.5 Å². The maximum absolute atomic E-state index is 13.2. The SMILES string of the molecule is [CH2]c1cc(F)c(F)c2c(F)cccc12. The van der Waals surface area contributed by atoms with Crippen LogP contribution in [0.25, 0.3) is 10.8 Å². The van der Waals surface area contributed by atoms with Gasteiger partial charge in [-0.05, 0) is 30.0 Å². The fraction of sp³-hybridized carbons (Fsp3) is 0. The lowest BCUT2D eigenvalue weighted by Crippen LogP contribution is -1.92. The van der Waals surface area contributed by atoms with E-state index >= 15 is 0 Å². The van der Waals surface area contributed by atoms with Crippen LogP contribution in [0.4, 0.5) is 13.2 Å². The first kappa shape index (κ1) is 9.06. The predicted octanol–water partition coefficient (Wildman–Crippen LogP) is 3.44. The van der Waals surface area contributed by atoms with E-state index in [1.165, 1.54) is 12.1 Å². The summed E-state index contributed by atoms with van der Waals surface area (Å²) in [7, 11) is 0. The fourth-order valence-electron chi connectivity index (χ4n) is 1.43. The van der Waals surface area contributed by atoms with Gasteiger partial charge in [-0.15, -0.1) is 0 Å². The maximum atomic E-state index is 13.2. The number of fused-ring (bicyclic) bond motifs is 1. The Hall–Kier alpha value is -1.51. The highest BCUT2D eigenvalue weighted by Gasteiger charge is 2.12. The molecule has 14 heavy (non-hydrogen) atoms. The van der Waals surface area contributed by atoms with Crippen LogP contribution >= 0.6 is 0 Å². The third-order valence-electron chi connectivity index (χ3n) is 2.09. The summed E-state index contributed by atoms with van der Waals surface area (Å²) in [6.07, 6.45) is 0. The molecule has 0 amide bonds. The number of rotatable bonds is 0. The van der Waals surface area contributed by atoms with Gasteiger partial charge in [-0.25, -0.2) is 13.2 Å². The predicted molar refractivity (Wildman–Crippen MR) is 48.3 cm³/mol. The van der Waals surface area contributed by atoms with Crippen LogP contribution in [0, 0.1) is 24.4 Å². The van der Waals surface area contributed by atoms with Gasteiger partial charge in [-0.2, -0.15) is 0 Å². The van der Waals surface area contributed by atoms with Crippen molar-refractivity contribution in [2.24, 2.45) is 0 Å². The molecule has 2 rings (SSSR count). The van der Waals surface area contributed by atoms with Gasteiger partial charge in [0.05, 0.1) is 5.39 Å². The molecule has 0 bridgehead atoms. The van der Waals surface area contributed by atoms with Gasteiger partial charge in [0.1, 0.15) is 5.82 Å². The second-order valence-electron chi connectivity index (χ2n) is 2.99. The molecule has 71 valence electrons. The zero-order chi connectivity index (χ0) is 10.3. The molecule has 2 aromatic carbocycles. The second-order valence-corrected chi connectivity index (χ2v) is 2.99. The summed E-state index contributed by atoms with van der Waals surface area (Å²) in [5, 5.41) is -0.0404. The highest BCUT2D eigenvalue weighted by Crippen LogP contribution is 2.26. The number of halogens is 3. The number of hydrogen-bond acceptors (Lipinski definition) is 0. The quantitative estimate of drug-likeness (QED) is 0.604. The van der Waals surface area contributed by atoms with Crippen LogP contribution in [0.3, 0.4) is 0 Å². The van der Waals surface area contributed by atoms with E-state index in [0.717, 1.165) is 12.1 Å². The van der Waals surface area contributed by atoms with Gasteiger partial charge in [-0.3, -0.25) is 0 Å². The van der Waals surface area contributed by atoms with Crippen LogP contribution in [0.15, 0.2) is 24.3 Å². The molecule has 0 fully saturated rings. The molecular weight excluding hydrogens is 189 g/mol. The van der Waals surface area contributed by atoms with Gasteiger partial charge >= 0.3 is 0 Å². The Bertz CT molecular complexity index is 503. The molecule has 0 saturated heterocycles. The summed E-state index contributed by atoms with van der Waals surface area (Å²) in [4.78, 5) is 0. The van der Waals surface area contributed by atoms with Gasteiger partial charge in [0.15, 0.2) is 11.6 Å². The molecule has 0 aromatic heterocycles. The zero-order valence-electron chi connectivity index (χ0n) is 7.15. The van der Waals surface area contributed by atoms with E-state index in [2.05, 4.69) is 6.92 Å². The normalized spacial score (nSPS) is 10.9. The maximum Gasteiger partial charge on any atom is 0.169 e. The van der Waals surface area contributed by atoms with Crippen molar-refractivity contribution in [3.8, 4) is 0 Å². The Labute approximate surface area is 79.0 Å². The number of benzene rings is 2. The standard InChI is InChI=1S/C11H6F3/c1-6-5-9(13)11(14)10-7(6)3-2-4-8(10)12/h2-5H,1H2. The van der Waals surface area contributed by atoms with Crippen molar-refractivity contribution in [1.82, 2.24) is 0 Å². The molecule has 0 aliphatic rings. The molecule has 0 unspecified atom stereocenters. The first-order valence-electron chi connectivity index (χ1n) is 3.99. The lowest BCUT2D eigenvalue weighted by Gasteiger charge is -2.04. The van der Waals surface area contributed by atoms with Gasteiger partial charge in [0, 0.05) is 0 Å². The summed E-state index contributed by atoms with van der Waals surface area (Å²) in [5.74, 6) is -3.01. The Morgan fingerprint density at radius 3 is 2.43 bits per heavy atom. The van der Waals surface area contributed by atoms with Crippen LogP contribution in [0.2, 0.25) is 0 Å². The smallest absolute Gasteiger partial charge is 0.169 e. The van der Waals surface area contributed by atoms with E-state index in [1.807, 2.05) is 0 Å². The van der Waals surface area contributed by atoms with Crippen LogP contribution < -0.4 is 0 Å². The van der Waals surface area contributed by atoms with Crippen molar-refractivity contribution in [2.75, 3.05) is 0 Å². The zero-order valence-corrected chi connectivity index (χ0v) is 7.15. The van der Waals surface area contributed by atoms with Crippen molar-refractivity contribution in [1.29, 1.82) is 0 Å². The molecule has 0 aliphatic heterocycles. The van der Waals surface area contributed by atoms with Gasteiger partial charge in [0.2, 0.25) is 0 Å². The van der Waals surface area contributed by atoms with E-state index in [-0.39, 0.29) is 10.9 Å². The van der Waals surface area contributed by atoms with Gasteiger partial charge < -0.3 is 0 Å². The van der Waals surface area contributed by atoms with Crippen molar-refractivity contribution in [2.45, 2.75) is 0 Å². The average molecular weight is 195 g/mol. The van der Waals surface area contributed by atoms with Crippen molar-refractivity contribution in [3.05, 3.63) is 54.2 Å². The lowest BCUT2D eigenvalue weighted by molar-refractivity contribution is 0.511. The molecule has 1 radical (unpaired) electrons. The fourth-order valence-corrected chi connectivity index (χ4v) is 1.43. The van der Waals surface area contributed by atoms with Crippen molar-refractivity contribution >= 4 is 10.8 Å². The molecule has 0 heterocycles. The molecular formula is C11H6F3. The third kappa shape index (κ3) is 1.16. The average Bonchev–Trinajstić information content (AvgIpc) is 2.14. The van der Waals surface area contributed by atoms with Gasteiger partial charge in [0.25, 0.3) is 0 Å². The molecule has 0 N–H and O–H groups in total. The topological polar surface area (TPSA) is 0 Å². The highest BCUT2D eigenvalue weighted by atomic mass is 19.2. The Morgan fingerprint density at radius 2 is 1.71 bits per heavy atom. The van der Waals surface area contributed by atoms with Crippen LogP contribution in [0.1, 0.15) is 5.56 Å². The molecule has 3 heteroatoms. The Balaban J connectivity index is 3.03. The molecule has 0 atom stereocenters. The summed E-state index contributed by atoms with van der Waals surface area (Å²) in [6.45, 7) is 3.52. The monoisotopic (exact) mass is 195 g/mol. The van der Waals surface area contributed by atoms with E-state index in [9.17, 15) is 13.2 Å². The van der Waals surface area contributed by atoms with E-state index in [1.54, 1.807) is 0 Å². The second kappa shape index (κ2) is 3.01. The highest BCUT2D eigenvalue weighted by molar-refractivity contribution is 5.87. The minimum Gasteiger partial charge on any atom is -0.206 e. The molecule has 0 aliphatic carbocycles. The van der Waals surface area contributed by atoms with Gasteiger partial charge in [-0.1, -0.05) is 12.1 Å². The van der Waals surface area contributed by atoms with E-state index in [4.69, 9.17) is 0 Å². The van der Waals surface area contributed by atoms with Crippen molar-refractivity contribution in [3.63, 3.8) is 0 Å². The Morgan fingerprint density at radius 1 is 1.00 bits per heavy atom. The summed E-state index contributed by atoms with van der Waals surface area (Å²) >= 11 is 0. The molecule has 2 aromatic rings. The summed E-state index contributed by atoms with van der Waals surface area (Å²) in [6, 6.07) is 4.98. The first-order chi connectivity index (χ1) is 6.61. The summed E-state index contributed by atoms with van der Waals surface area (Å²) in [5.41, 5.74) is 0.276. The minimum absolute atomic E-state index is 0.276. The summed E-state index contributed by atoms with van der Waals surface area (Å²) < 4.78 is 39.3. The van der Waals surface area contributed by atoms with Crippen molar-refractivity contribution < 1.29 is 13.2 Å². The third-order valence-corrected chi connectivity index (χ3v) is 2.09. The molecule has 0 spiro atoms.